The Labute approximate surface area is 100 Å². The first-order chi connectivity index (χ1) is 8.15. The first-order valence-electron chi connectivity index (χ1n) is 5.39. The summed E-state index contributed by atoms with van der Waals surface area (Å²) < 4.78 is 5.25. The van der Waals surface area contributed by atoms with Crippen molar-refractivity contribution < 1.29 is 14.3 Å². The van der Waals surface area contributed by atoms with Crippen LogP contribution in [0.15, 0.2) is 24.3 Å². The third-order valence-corrected chi connectivity index (χ3v) is 2.09. The fourth-order valence-corrected chi connectivity index (χ4v) is 1.13. The van der Waals surface area contributed by atoms with E-state index in [9.17, 15) is 9.59 Å². The van der Waals surface area contributed by atoms with Crippen LogP contribution in [0.3, 0.4) is 0 Å². The largest absolute Gasteiger partial charge is 0.484 e. The molecule has 0 saturated carbocycles. The van der Waals surface area contributed by atoms with Crippen molar-refractivity contribution in [3.63, 3.8) is 0 Å². The van der Waals surface area contributed by atoms with E-state index in [1.165, 1.54) is 0 Å². The molecule has 92 valence electrons. The highest BCUT2D eigenvalue weighted by Crippen LogP contribution is 2.17. The van der Waals surface area contributed by atoms with Crippen LogP contribution < -0.4 is 15.4 Å². The molecule has 1 aromatic rings. The molecule has 0 fully saturated rings. The first kappa shape index (κ1) is 13.0. The molecule has 2 N–H and O–H groups in total. The summed E-state index contributed by atoms with van der Waals surface area (Å²) in [6.45, 7) is 1.74. The number of carbonyl (C=O) groups excluding carboxylic acids is 2. The summed E-state index contributed by atoms with van der Waals surface area (Å²) in [5.74, 6) is 0.281. The average Bonchev–Trinajstić information content (AvgIpc) is 2.36. The summed E-state index contributed by atoms with van der Waals surface area (Å²) in [6.07, 6.45) is 0.420. The van der Waals surface area contributed by atoms with Crippen molar-refractivity contribution in [3.05, 3.63) is 24.3 Å². The minimum Gasteiger partial charge on any atom is -0.484 e. The molecule has 0 aromatic heterocycles. The number of carbonyl (C=O) groups is 2. The summed E-state index contributed by atoms with van der Waals surface area (Å²) in [5.41, 5.74) is 0.659. The monoisotopic (exact) mass is 236 g/mol. The number of rotatable bonds is 5. The number of ether oxygens (including phenoxy) is 1. The van der Waals surface area contributed by atoms with Gasteiger partial charge >= 0.3 is 0 Å². The Morgan fingerprint density at radius 2 is 2.06 bits per heavy atom. The van der Waals surface area contributed by atoms with Gasteiger partial charge in [-0.25, -0.2) is 0 Å². The van der Waals surface area contributed by atoms with Crippen LogP contribution in [0.25, 0.3) is 0 Å². The van der Waals surface area contributed by atoms with Gasteiger partial charge in [-0.15, -0.1) is 0 Å². The maximum atomic E-state index is 11.2. The van der Waals surface area contributed by atoms with E-state index >= 15 is 0 Å². The lowest BCUT2D eigenvalue weighted by atomic mass is 10.3. The van der Waals surface area contributed by atoms with Gasteiger partial charge in [-0.2, -0.15) is 0 Å². The van der Waals surface area contributed by atoms with Crippen LogP contribution in [0, 0.1) is 0 Å². The molecule has 5 nitrogen and oxygen atoms in total. The minimum atomic E-state index is -0.201. The van der Waals surface area contributed by atoms with Crippen molar-refractivity contribution in [2.45, 2.75) is 13.3 Å². The van der Waals surface area contributed by atoms with Gasteiger partial charge in [0.2, 0.25) is 5.91 Å². The smallest absolute Gasteiger partial charge is 0.257 e. The molecule has 17 heavy (non-hydrogen) atoms. The summed E-state index contributed by atoms with van der Waals surface area (Å²) in [5, 5.41) is 5.17. The summed E-state index contributed by atoms with van der Waals surface area (Å²) in [6, 6.07) is 6.92. The molecule has 0 saturated heterocycles. The Morgan fingerprint density at radius 3 is 2.71 bits per heavy atom. The molecular formula is C12H16N2O3. The fourth-order valence-electron chi connectivity index (χ4n) is 1.13. The van der Waals surface area contributed by atoms with E-state index in [0.717, 1.165) is 0 Å². The van der Waals surface area contributed by atoms with Crippen molar-refractivity contribution in [3.8, 4) is 5.75 Å². The molecule has 1 aromatic carbocycles. The van der Waals surface area contributed by atoms with E-state index < -0.39 is 0 Å². The van der Waals surface area contributed by atoms with Crippen LogP contribution in [-0.4, -0.2) is 25.5 Å². The topological polar surface area (TPSA) is 67.4 Å². The number of nitrogens with one attached hydrogen (secondary N) is 2. The second-order valence-electron chi connectivity index (χ2n) is 3.39. The van der Waals surface area contributed by atoms with Gasteiger partial charge in [0.05, 0.1) is 0 Å². The number of hydrogen-bond acceptors (Lipinski definition) is 3. The van der Waals surface area contributed by atoms with Crippen LogP contribution >= 0.6 is 0 Å². The molecule has 0 unspecified atom stereocenters. The molecule has 0 heterocycles. The van der Waals surface area contributed by atoms with E-state index in [4.69, 9.17) is 4.74 Å². The number of likely N-dealkylation sites (N-methyl/N-ethyl adjacent to an activating group) is 1. The Kier molecular flexibility index (Phi) is 5.00. The van der Waals surface area contributed by atoms with Crippen molar-refractivity contribution in [1.82, 2.24) is 5.32 Å². The van der Waals surface area contributed by atoms with Gasteiger partial charge in [-0.1, -0.05) is 13.0 Å². The van der Waals surface area contributed by atoms with Gasteiger partial charge in [0.15, 0.2) is 6.61 Å². The Morgan fingerprint density at radius 1 is 1.29 bits per heavy atom. The van der Waals surface area contributed by atoms with Crippen molar-refractivity contribution >= 4 is 17.5 Å². The zero-order valence-corrected chi connectivity index (χ0v) is 9.95. The Hall–Kier alpha value is -2.04. The number of benzene rings is 1. The molecule has 0 aliphatic rings. The maximum absolute atomic E-state index is 11.2. The van der Waals surface area contributed by atoms with Crippen LogP contribution in [0.1, 0.15) is 13.3 Å². The summed E-state index contributed by atoms with van der Waals surface area (Å²) >= 11 is 0. The van der Waals surface area contributed by atoms with Gasteiger partial charge in [0.25, 0.3) is 5.91 Å². The van der Waals surface area contributed by atoms with E-state index in [1.807, 2.05) is 0 Å². The van der Waals surface area contributed by atoms with Crippen LogP contribution in [0.5, 0.6) is 5.75 Å². The Balaban J connectivity index is 2.59. The second kappa shape index (κ2) is 6.52. The second-order valence-corrected chi connectivity index (χ2v) is 3.39. The molecule has 0 radical (unpaired) electrons. The summed E-state index contributed by atoms with van der Waals surface area (Å²) in [7, 11) is 1.55. The van der Waals surface area contributed by atoms with Crippen LogP contribution in [0.4, 0.5) is 5.69 Å². The SMILES string of the molecule is CCC(=O)Nc1cccc(OCC(=O)NC)c1. The fraction of sp³-hybridized carbons (Fsp3) is 0.333. The molecule has 0 spiro atoms. The van der Waals surface area contributed by atoms with Gasteiger partial charge in [0, 0.05) is 25.2 Å². The van der Waals surface area contributed by atoms with Gasteiger partial charge in [0.1, 0.15) is 5.75 Å². The molecule has 0 bridgehead atoms. The van der Waals surface area contributed by atoms with Crippen molar-refractivity contribution in [2.24, 2.45) is 0 Å². The lowest BCUT2D eigenvalue weighted by Crippen LogP contribution is -2.24. The first-order valence-corrected chi connectivity index (χ1v) is 5.39. The molecule has 1 rings (SSSR count). The molecule has 2 amide bonds. The zero-order valence-electron chi connectivity index (χ0n) is 9.95. The highest BCUT2D eigenvalue weighted by atomic mass is 16.5. The highest BCUT2D eigenvalue weighted by Gasteiger charge is 2.02. The quantitative estimate of drug-likeness (QED) is 0.806. The lowest BCUT2D eigenvalue weighted by molar-refractivity contribution is -0.122. The molecular weight excluding hydrogens is 220 g/mol. The van der Waals surface area contributed by atoms with Crippen LogP contribution in [-0.2, 0) is 9.59 Å². The van der Waals surface area contributed by atoms with Gasteiger partial charge < -0.3 is 15.4 Å². The number of anilines is 1. The standard InChI is InChI=1S/C12H16N2O3/c1-3-11(15)14-9-5-4-6-10(7-9)17-8-12(16)13-2/h4-7H,3,8H2,1-2H3,(H,13,16)(H,14,15). The zero-order chi connectivity index (χ0) is 12.7. The maximum Gasteiger partial charge on any atom is 0.257 e. The third-order valence-electron chi connectivity index (χ3n) is 2.09. The highest BCUT2D eigenvalue weighted by molar-refractivity contribution is 5.90. The Bertz CT molecular complexity index is 404. The van der Waals surface area contributed by atoms with Crippen molar-refractivity contribution in [2.75, 3.05) is 19.0 Å². The number of amides is 2. The van der Waals surface area contributed by atoms with E-state index in [1.54, 1.807) is 38.2 Å². The minimum absolute atomic E-state index is 0.0400. The number of hydrogen-bond donors (Lipinski definition) is 2. The van der Waals surface area contributed by atoms with Crippen molar-refractivity contribution in [1.29, 1.82) is 0 Å². The lowest BCUT2D eigenvalue weighted by Gasteiger charge is -2.08. The van der Waals surface area contributed by atoms with Crippen LogP contribution in [0.2, 0.25) is 0 Å². The van der Waals surface area contributed by atoms with E-state index in [0.29, 0.717) is 17.9 Å². The molecule has 0 aliphatic carbocycles. The third kappa shape index (κ3) is 4.55. The molecule has 5 heteroatoms. The average molecular weight is 236 g/mol. The predicted octanol–water partition coefficient (Wildman–Crippen LogP) is 1.16. The molecule has 0 aliphatic heterocycles. The predicted molar refractivity (Wildman–Crippen MR) is 64.9 cm³/mol. The van der Waals surface area contributed by atoms with E-state index in [2.05, 4.69) is 10.6 Å². The van der Waals surface area contributed by atoms with Gasteiger partial charge in [-0.05, 0) is 12.1 Å². The normalized spacial score (nSPS) is 9.53. The molecule has 0 atom stereocenters. The van der Waals surface area contributed by atoms with Gasteiger partial charge in [-0.3, -0.25) is 9.59 Å². The summed E-state index contributed by atoms with van der Waals surface area (Å²) in [4.78, 5) is 22.2. The van der Waals surface area contributed by atoms with E-state index in [-0.39, 0.29) is 18.4 Å².